The van der Waals surface area contributed by atoms with E-state index in [2.05, 4.69) is 10.2 Å². The van der Waals surface area contributed by atoms with E-state index in [4.69, 9.17) is 43.2 Å². The van der Waals surface area contributed by atoms with Crippen LogP contribution in [0.2, 0.25) is 5.02 Å². The van der Waals surface area contributed by atoms with E-state index >= 15 is 0 Å². The molecule has 1 atom stereocenters. The molecule has 2 aromatic rings. The zero-order chi connectivity index (χ0) is 28.6. The number of hydrogen-bond acceptors (Lipinski definition) is 7. The van der Waals surface area contributed by atoms with Crippen LogP contribution >= 0.6 is 11.6 Å². The summed E-state index contributed by atoms with van der Waals surface area (Å²) in [4.78, 5) is 38.6. The minimum absolute atomic E-state index is 0.0269. The summed E-state index contributed by atoms with van der Waals surface area (Å²) in [7, 11) is -4.10. The molecule has 1 aromatic carbocycles. The van der Waals surface area contributed by atoms with Gasteiger partial charge in [-0.2, -0.15) is 13.2 Å². The van der Waals surface area contributed by atoms with Gasteiger partial charge in [0, 0.05) is 17.1 Å². The molecule has 204 valence electrons. The third-order valence-electron chi connectivity index (χ3n) is 4.23. The standard InChI is InChI=1S/C17H21ClN6O5S.C2HF3O2/c1-10-5-6-13(23-30(27,28)12-4-2-3-11(18)9-12)16(26)24(10)14(15(19)25)7-8-29-22-17(20)21;3-2(4,5)1(6)7/h2-6,9,14,23H,7-8H2,1H3,(H2,19,25)(H4,20,21,22);(H,6,7). The van der Waals surface area contributed by atoms with Crippen molar-refractivity contribution in [3.63, 3.8) is 0 Å². The van der Waals surface area contributed by atoms with Gasteiger partial charge in [-0.15, -0.1) is 0 Å². The number of benzene rings is 1. The Balaban J connectivity index is 0.000000856. The molecule has 0 aliphatic carbocycles. The first kappa shape index (κ1) is 31.2. The van der Waals surface area contributed by atoms with Gasteiger partial charge in [-0.25, -0.2) is 18.7 Å². The number of nitrogens with one attached hydrogen (secondary N) is 3. The Bertz CT molecular complexity index is 1320. The molecule has 0 fully saturated rings. The molecule has 0 bridgehead atoms. The first-order valence-electron chi connectivity index (χ1n) is 9.79. The van der Waals surface area contributed by atoms with E-state index in [-0.39, 0.29) is 28.6 Å². The van der Waals surface area contributed by atoms with Crippen molar-refractivity contribution in [2.75, 3.05) is 11.3 Å². The molecular weight excluding hydrogens is 549 g/mol. The molecule has 0 saturated heterocycles. The highest BCUT2D eigenvalue weighted by molar-refractivity contribution is 7.92. The first-order valence-corrected chi connectivity index (χ1v) is 11.6. The van der Waals surface area contributed by atoms with Crippen molar-refractivity contribution in [2.24, 2.45) is 11.5 Å². The third kappa shape index (κ3) is 9.62. The molecule has 1 unspecified atom stereocenters. The lowest BCUT2D eigenvalue weighted by Crippen LogP contribution is -2.38. The van der Waals surface area contributed by atoms with E-state index in [1.807, 2.05) is 0 Å². The highest BCUT2D eigenvalue weighted by Crippen LogP contribution is 2.19. The predicted molar refractivity (Wildman–Crippen MR) is 125 cm³/mol. The summed E-state index contributed by atoms with van der Waals surface area (Å²) in [5, 5.41) is 14.4. The summed E-state index contributed by atoms with van der Waals surface area (Å²) in [6, 6.07) is 7.18. The van der Waals surface area contributed by atoms with Crippen LogP contribution in [-0.4, -0.2) is 48.7 Å². The van der Waals surface area contributed by atoms with E-state index in [0.29, 0.717) is 5.69 Å². The molecule has 13 nitrogen and oxygen atoms in total. The number of carboxylic acid groups (broad SMARTS) is 1. The van der Waals surface area contributed by atoms with Crippen molar-refractivity contribution in [1.82, 2.24) is 10.0 Å². The first-order chi connectivity index (χ1) is 17.0. The number of carbonyl (C=O) groups is 2. The SMILES string of the molecule is Cc1ccc(NS(=O)(=O)c2cccc(Cl)c2)c(=O)n1C(CCONC(=N)N)C(N)=O.O=C(O)C(F)(F)F. The van der Waals surface area contributed by atoms with Gasteiger partial charge >= 0.3 is 12.1 Å². The molecule has 1 aromatic heterocycles. The van der Waals surface area contributed by atoms with Crippen LogP contribution < -0.4 is 27.2 Å². The summed E-state index contributed by atoms with van der Waals surface area (Å²) in [5.74, 6) is -4.01. The van der Waals surface area contributed by atoms with Crippen molar-refractivity contribution in [2.45, 2.75) is 30.5 Å². The molecule has 0 saturated carbocycles. The summed E-state index contributed by atoms with van der Waals surface area (Å²) in [6.07, 6.45) is -5.11. The number of anilines is 1. The fourth-order valence-electron chi connectivity index (χ4n) is 2.65. The molecule has 2 rings (SSSR count). The Morgan fingerprint density at radius 3 is 2.32 bits per heavy atom. The van der Waals surface area contributed by atoms with Crippen LogP contribution in [0.5, 0.6) is 0 Å². The third-order valence-corrected chi connectivity index (χ3v) is 5.83. The minimum Gasteiger partial charge on any atom is -0.475 e. The quantitative estimate of drug-likeness (QED) is 0.110. The molecule has 0 spiro atoms. The number of halogens is 4. The number of rotatable bonds is 9. The maximum absolute atomic E-state index is 12.9. The van der Waals surface area contributed by atoms with Crippen LogP contribution in [0.1, 0.15) is 18.2 Å². The molecule has 1 heterocycles. The number of alkyl halides is 3. The average molecular weight is 571 g/mol. The number of aryl methyl sites for hydroxylation is 1. The summed E-state index contributed by atoms with van der Waals surface area (Å²) in [5.41, 5.74) is 12.0. The van der Waals surface area contributed by atoms with E-state index in [9.17, 15) is 31.2 Å². The molecular formula is C19H22ClF3N6O7S. The highest BCUT2D eigenvalue weighted by atomic mass is 35.5. The molecule has 1 amide bonds. The van der Waals surface area contributed by atoms with Gasteiger partial charge in [0.2, 0.25) is 11.9 Å². The van der Waals surface area contributed by atoms with Crippen LogP contribution in [0.3, 0.4) is 0 Å². The lowest BCUT2D eigenvalue weighted by atomic mass is 10.1. The zero-order valence-electron chi connectivity index (χ0n) is 18.9. The number of guanidine groups is 1. The molecule has 0 aliphatic rings. The number of hydrogen-bond donors (Lipinski definition) is 6. The lowest BCUT2D eigenvalue weighted by Gasteiger charge is -2.20. The summed E-state index contributed by atoms with van der Waals surface area (Å²) in [6.45, 7) is 1.47. The van der Waals surface area contributed by atoms with Crippen LogP contribution in [0, 0.1) is 12.3 Å². The number of carbonyl (C=O) groups excluding carboxylic acids is 1. The van der Waals surface area contributed by atoms with Crippen molar-refractivity contribution in [3.05, 3.63) is 57.5 Å². The Kier molecular flexibility index (Phi) is 10.9. The van der Waals surface area contributed by atoms with Gasteiger partial charge in [0.25, 0.3) is 15.6 Å². The summed E-state index contributed by atoms with van der Waals surface area (Å²) < 4.78 is 60.3. The number of pyridine rings is 1. The zero-order valence-corrected chi connectivity index (χ0v) is 20.4. The second kappa shape index (κ2) is 12.9. The Hall–Kier alpha value is -3.83. The fraction of sp³-hybridized carbons (Fsp3) is 0.263. The Labute approximate surface area is 212 Å². The van der Waals surface area contributed by atoms with Crippen LogP contribution in [0.25, 0.3) is 0 Å². The maximum Gasteiger partial charge on any atom is 0.490 e. The number of carboxylic acids is 1. The smallest absolute Gasteiger partial charge is 0.475 e. The average Bonchev–Trinajstić information content (AvgIpc) is 2.76. The number of amides is 1. The van der Waals surface area contributed by atoms with Gasteiger partial charge in [-0.3, -0.25) is 29.1 Å². The van der Waals surface area contributed by atoms with Crippen LogP contribution in [0.15, 0.2) is 46.1 Å². The lowest BCUT2D eigenvalue weighted by molar-refractivity contribution is -0.192. The number of nitrogens with two attached hydrogens (primary N) is 2. The van der Waals surface area contributed by atoms with Gasteiger partial charge in [0.15, 0.2) is 0 Å². The van der Waals surface area contributed by atoms with Crippen molar-refractivity contribution >= 4 is 45.1 Å². The van der Waals surface area contributed by atoms with Gasteiger partial charge in [-0.1, -0.05) is 17.7 Å². The second-order valence-corrected chi connectivity index (χ2v) is 9.12. The van der Waals surface area contributed by atoms with E-state index in [1.54, 1.807) is 6.92 Å². The Morgan fingerprint density at radius 2 is 1.84 bits per heavy atom. The molecule has 0 radical (unpaired) electrons. The minimum atomic E-state index is -5.08. The predicted octanol–water partition coefficient (Wildman–Crippen LogP) is 1.08. The normalized spacial score (nSPS) is 12.0. The number of aromatic nitrogens is 1. The van der Waals surface area contributed by atoms with Crippen molar-refractivity contribution in [3.8, 4) is 0 Å². The summed E-state index contributed by atoms with van der Waals surface area (Å²) >= 11 is 5.84. The monoisotopic (exact) mass is 570 g/mol. The second-order valence-electron chi connectivity index (χ2n) is 7.00. The number of primary amides is 1. The van der Waals surface area contributed by atoms with Gasteiger partial charge < -0.3 is 16.6 Å². The molecule has 8 N–H and O–H groups in total. The number of nitrogens with zero attached hydrogens (tertiary/aromatic N) is 1. The van der Waals surface area contributed by atoms with Gasteiger partial charge in [-0.05, 0) is 37.3 Å². The van der Waals surface area contributed by atoms with Gasteiger partial charge in [0.1, 0.15) is 11.7 Å². The molecule has 37 heavy (non-hydrogen) atoms. The van der Waals surface area contributed by atoms with Crippen LogP contribution in [-0.2, 0) is 24.4 Å². The van der Waals surface area contributed by atoms with E-state index in [0.717, 1.165) is 4.57 Å². The van der Waals surface area contributed by atoms with Gasteiger partial charge in [0.05, 0.1) is 11.5 Å². The fourth-order valence-corrected chi connectivity index (χ4v) is 4.00. The topological polar surface area (TPSA) is 220 Å². The largest absolute Gasteiger partial charge is 0.490 e. The van der Waals surface area contributed by atoms with E-state index in [1.165, 1.54) is 36.4 Å². The van der Waals surface area contributed by atoms with Crippen molar-refractivity contribution < 1.29 is 41.1 Å². The van der Waals surface area contributed by atoms with Crippen molar-refractivity contribution in [1.29, 1.82) is 5.41 Å². The molecule has 0 aliphatic heterocycles. The van der Waals surface area contributed by atoms with Crippen LogP contribution in [0.4, 0.5) is 18.9 Å². The Morgan fingerprint density at radius 1 is 1.24 bits per heavy atom. The molecule has 18 heteroatoms. The highest BCUT2D eigenvalue weighted by Gasteiger charge is 2.38. The number of hydroxylamine groups is 1. The maximum atomic E-state index is 12.9. The number of sulfonamides is 1. The number of aliphatic carboxylic acids is 1. The van der Waals surface area contributed by atoms with E-state index < -0.39 is 45.6 Å².